The summed E-state index contributed by atoms with van der Waals surface area (Å²) in [4.78, 5) is 10.8. The lowest BCUT2D eigenvalue weighted by molar-refractivity contribution is -0.137. The van der Waals surface area contributed by atoms with Crippen LogP contribution < -0.4 is 4.74 Å². The van der Waals surface area contributed by atoms with Crippen molar-refractivity contribution in [3.63, 3.8) is 0 Å². The Kier molecular flexibility index (Phi) is 4.97. The van der Waals surface area contributed by atoms with Crippen molar-refractivity contribution in [3.8, 4) is 5.75 Å². The van der Waals surface area contributed by atoms with Gasteiger partial charge in [0.1, 0.15) is 5.75 Å². The van der Waals surface area contributed by atoms with E-state index in [2.05, 4.69) is 6.58 Å². The highest BCUT2D eigenvalue weighted by atomic mass is 19.4. The molecule has 0 bridgehead atoms. The summed E-state index contributed by atoms with van der Waals surface area (Å²) < 4.78 is 42.9. The second-order valence-corrected chi connectivity index (χ2v) is 3.83. The molecule has 0 atom stereocenters. The quantitative estimate of drug-likeness (QED) is 0.634. The Labute approximate surface area is 108 Å². The summed E-state index contributed by atoms with van der Waals surface area (Å²) in [5.41, 5.74) is -1.49. The monoisotopic (exact) mass is 274 g/mol. The number of allylic oxidation sites excluding steroid dienone is 1. The third-order valence-corrected chi connectivity index (χ3v) is 2.30. The Morgan fingerprint density at radius 1 is 1.37 bits per heavy atom. The Morgan fingerprint density at radius 3 is 2.58 bits per heavy atom. The van der Waals surface area contributed by atoms with E-state index >= 15 is 0 Å². The molecule has 0 aliphatic heterocycles. The largest absolute Gasteiger partial charge is 0.494 e. The van der Waals surface area contributed by atoms with Crippen LogP contribution in [0.1, 0.15) is 28.8 Å². The number of carboxylic acid groups (broad SMARTS) is 1. The fourth-order valence-electron chi connectivity index (χ4n) is 1.39. The van der Waals surface area contributed by atoms with Gasteiger partial charge in [0.2, 0.25) is 0 Å². The first-order valence-electron chi connectivity index (χ1n) is 5.54. The number of benzene rings is 1. The van der Waals surface area contributed by atoms with Crippen LogP contribution in [-0.2, 0) is 6.18 Å². The normalized spacial score (nSPS) is 11.1. The maximum Gasteiger partial charge on any atom is 0.416 e. The molecule has 0 radical (unpaired) electrons. The first kappa shape index (κ1) is 15.1. The molecule has 0 amide bonds. The maximum atomic E-state index is 12.6. The van der Waals surface area contributed by atoms with Crippen LogP contribution in [0.25, 0.3) is 0 Å². The average molecular weight is 274 g/mol. The number of hydrogen-bond acceptors (Lipinski definition) is 2. The topological polar surface area (TPSA) is 46.5 Å². The van der Waals surface area contributed by atoms with Gasteiger partial charge in [-0.15, -0.1) is 6.58 Å². The number of carbonyl (C=O) groups is 1. The van der Waals surface area contributed by atoms with E-state index in [0.29, 0.717) is 18.9 Å². The van der Waals surface area contributed by atoms with Crippen LogP contribution in [0, 0.1) is 0 Å². The van der Waals surface area contributed by atoms with Crippen molar-refractivity contribution >= 4 is 5.97 Å². The van der Waals surface area contributed by atoms with E-state index in [1.165, 1.54) is 0 Å². The SMILES string of the molecule is C=CCCCOc1cc(C(=O)O)cc(C(F)(F)F)c1. The lowest BCUT2D eigenvalue weighted by Gasteiger charge is -2.11. The van der Waals surface area contributed by atoms with E-state index in [-0.39, 0.29) is 12.4 Å². The Balaban J connectivity index is 2.94. The van der Waals surface area contributed by atoms with Gasteiger partial charge in [-0.05, 0) is 31.0 Å². The molecule has 1 aromatic rings. The first-order chi connectivity index (χ1) is 8.84. The van der Waals surface area contributed by atoms with Crippen LogP contribution in [0.3, 0.4) is 0 Å². The summed E-state index contributed by atoms with van der Waals surface area (Å²) in [7, 11) is 0. The first-order valence-corrected chi connectivity index (χ1v) is 5.54. The van der Waals surface area contributed by atoms with Crippen LogP contribution in [0.2, 0.25) is 0 Å². The van der Waals surface area contributed by atoms with Gasteiger partial charge in [-0.1, -0.05) is 6.08 Å². The van der Waals surface area contributed by atoms with E-state index in [9.17, 15) is 18.0 Å². The second kappa shape index (κ2) is 6.26. The fraction of sp³-hybridized carbons (Fsp3) is 0.308. The van der Waals surface area contributed by atoms with Crippen LogP contribution in [0.15, 0.2) is 30.9 Å². The summed E-state index contributed by atoms with van der Waals surface area (Å²) in [6.07, 6.45) is -1.67. The zero-order valence-corrected chi connectivity index (χ0v) is 10.0. The molecule has 0 aliphatic carbocycles. The molecular weight excluding hydrogens is 261 g/mol. The summed E-state index contributed by atoms with van der Waals surface area (Å²) in [6, 6.07) is 2.45. The highest BCUT2D eigenvalue weighted by Gasteiger charge is 2.32. The van der Waals surface area contributed by atoms with Crippen molar-refractivity contribution in [2.45, 2.75) is 19.0 Å². The molecule has 0 saturated heterocycles. The van der Waals surface area contributed by atoms with Crippen LogP contribution in [-0.4, -0.2) is 17.7 Å². The van der Waals surface area contributed by atoms with Crippen molar-refractivity contribution in [3.05, 3.63) is 42.0 Å². The van der Waals surface area contributed by atoms with E-state index in [4.69, 9.17) is 9.84 Å². The summed E-state index contributed by atoms with van der Waals surface area (Å²) in [6.45, 7) is 3.71. The van der Waals surface area contributed by atoms with Gasteiger partial charge in [0.05, 0.1) is 17.7 Å². The number of aromatic carboxylic acids is 1. The Morgan fingerprint density at radius 2 is 2.05 bits per heavy atom. The van der Waals surface area contributed by atoms with Crippen molar-refractivity contribution < 1.29 is 27.8 Å². The molecule has 0 aromatic heterocycles. The van der Waals surface area contributed by atoms with Crippen molar-refractivity contribution in [2.75, 3.05) is 6.61 Å². The zero-order valence-electron chi connectivity index (χ0n) is 10.0. The molecule has 6 heteroatoms. The van der Waals surface area contributed by atoms with Gasteiger partial charge >= 0.3 is 12.1 Å². The predicted octanol–water partition coefficient (Wildman–Crippen LogP) is 3.75. The Bertz CT molecular complexity index is 467. The third-order valence-electron chi connectivity index (χ3n) is 2.30. The van der Waals surface area contributed by atoms with Crippen molar-refractivity contribution in [1.82, 2.24) is 0 Å². The number of carboxylic acids is 1. The third kappa shape index (κ3) is 4.65. The highest BCUT2D eigenvalue weighted by Crippen LogP contribution is 2.32. The summed E-state index contributed by atoms with van der Waals surface area (Å²) in [5, 5.41) is 8.77. The molecule has 0 spiro atoms. The van der Waals surface area contributed by atoms with Crippen LogP contribution in [0.4, 0.5) is 13.2 Å². The minimum atomic E-state index is -4.61. The molecular formula is C13H13F3O3. The molecule has 19 heavy (non-hydrogen) atoms. The van der Waals surface area contributed by atoms with Gasteiger partial charge in [-0.2, -0.15) is 13.2 Å². The summed E-state index contributed by atoms with van der Waals surface area (Å²) >= 11 is 0. The molecule has 1 aromatic carbocycles. The minimum absolute atomic E-state index is 0.101. The zero-order chi connectivity index (χ0) is 14.5. The molecule has 0 saturated carbocycles. The predicted molar refractivity (Wildman–Crippen MR) is 63.3 cm³/mol. The molecule has 0 unspecified atom stereocenters. The summed E-state index contributed by atoms with van der Waals surface area (Å²) in [5.74, 6) is -1.53. The minimum Gasteiger partial charge on any atom is -0.494 e. The van der Waals surface area contributed by atoms with Crippen LogP contribution in [0.5, 0.6) is 5.75 Å². The Hall–Kier alpha value is -1.98. The number of rotatable bonds is 6. The molecule has 104 valence electrons. The van der Waals surface area contributed by atoms with E-state index in [1.54, 1.807) is 6.08 Å². The number of alkyl halides is 3. The van der Waals surface area contributed by atoms with E-state index in [1.807, 2.05) is 0 Å². The standard InChI is InChI=1S/C13H13F3O3/c1-2-3-4-5-19-11-7-9(12(17)18)6-10(8-11)13(14,15)16/h2,6-8H,1,3-5H2,(H,17,18). The highest BCUT2D eigenvalue weighted by molar-refractivity contribution is 5.88. The fourth-order valence-corrected chi connectivity index (χ4v) is 1.39. The average Bonchev–Trinajstić information content (AvgIpc) is 2.33. The lowest BCUT2D eigenvalue weighted by atomic mass is 10.1. The van der Waals surface area contributed by atoms with Crippen molar-refractivity contribution in [1.29, 1.82) is 0 Å². The lowest BCUT2D eigenvalue weighted by Crippen LogP contribution is -2.09. The van der Waals surface area contributed by atoms with Gasteiger partial charge in [0.25, 0.3) is 0 Å². The van der Waals surface area contributed by atoms with E-state index < -0.39 is 23.3 Å². The van der Waals surface area contributed by atoms with Crippen LogP contribution >= 0.6 is 0 Å². The van der Waals surface area contributed by atoms with Gasteiger partial charge < -0.3 is 9.84 Å². The van der Waals surface area contributed by atoms with Gasteiger partial charge in [-0.3, -0.25) is 0 Å². The smallest absolute Gasteiger partial charge is 0.416 e. The number of halogens is 3. The van der Waals surface area contributed by atoms with Crippen molar-refractivity contribution in [2.24, 2.45) is 0 Å². The molecule has 0 fully saturated rings. The molecule has 0 heterocycles. The maximum absolute atomic E-state index is 12.6. The van der Waals surface area contributed by atoms with E-state index in [0.717, 1.165) is 12.1 Å². The number of unbranched alkanes of at least 4 members (excludes halogenated alkanes) is 1. The second-order valence-electron chi connectivity index (χ2n) is 3.83. The van der Waals surface area contributed by atoms with Gasteiger partial charge in [0.15, 0.2) is 0 Å². The number of hydrogen-bond donors (Lipinski definition) is 1. The molecule has 1 rings (SSSR count). The van der Waals surface area contributed by atoms with Gasteiger partial charge in [0, 0.05) is 0 Å². The number of ether oxygens (including phenoxy) is 1. The molecule has 1 N–H and O–H groups in total. The molecule has 0 aliphatic rings. The molecule has 3 nitrogen and oxygen atoms in total. The van der Waals surface area contributed by atoms with Gasteiger partial charge in [-0.25, -0.2) is 4.79 Å².